The van der Waals surface area contributed by atoms with E-state index in [4.69, 9.17) is 15.2 Å². The molecule has 0 radical (unpaired) electrons. The number of nitrogens with two attached hydrogens (primary N) is 1. The molecule has 4 N–H and O–H groups in total. The molecule has 1 aliphatic rings. The van der Waals surface area contributed by atoms with Crippen molar-refractivity contribution in [2.24, 2.45) is 5.73 Å². The van der Waals surface area contributed by atoms with E-state index < -0.39 is 5.60 Å². The van der Waals surface area contributed by atoms with Gasteiger partial charge in [-0.05, 0) is 31.9 Å². The number of rotatable bonds is 9. The van der Waals surface area contributed by atoms with Crippen LogP contribution in [-0.2, 0) is 19.1 Å². The minimum Gasteiger partial charge on any atom is -0.379 e. The van der Waals surface area contributed by atoms with E-state index in [-0.39, 0.29) is 17.9 Å². The summed E-state index contributed by atoms with van der Waals surface area (Å²) in [6.07, 6.45) is 3.28. The molecule has 2 amide bonds. The third-order valence-corrected chi connectivity index (χ3v) is 4.04. The first-order chi connectivity index (χ1) is 11.9. The largest absolute Gasteiger partial charge is 0.379 e. The van der Waals surface area contributed by atoms with Crippen LogP contribution in [0.15, 0.2) is 11.6 Å². The number of amides is 2. The number of carbonyl (C=O) groups is 2. The van der Waals surface area contributed by atoms with Crippen molar-refractivity contribution >= 4 is 11.8 Å². The van der Waals surface area contributed by atoms with Crippen LogP contribution < -0.4 is 16.4 Å². The zero-order chi connectivity index (χ0) is 18.7. The van der Waals surface area contributed by atoms with E-state index >= 15 is 0 Å². The average molecular weight is 351 g/mol. The number of carbonyl (C=O) groups excluding carboxylic acids is 2. The van der Waals surface area contributed by atoms with E-state index in [0.29, 0.717) is 45.6 Å². The molecule has 25 heavy (non-hydrogen) atoms. The van der Waals surface area contributed by atoms with E-state index in [1.165, 1.54) is 0 Å². The maximum absolute atomic E-state index is 11.8. The van der Waals surface area contributed by atoms with E-state index in [0.717, 1.165) is 5.57 Å². The Morgan fingerprint density at radius 2 is 2.20 bits per heavy atom. The maximum atomic E-state index is 11.8. The Bertz CT molecular complexity index is 546. The molecular weight excluding hydrogens is 322 g/mol. The van der Waals surface area contributed by atoms with E-state index in [1.54, 1.807) is 7.11 Å². The predicted molar refractivity (Wildman–Crippen MR) is 95.6 cm³/mol. The number of piperidine rings is 1. The van der Waals surface area contributed by atoms with Crippen LogP contribution in [0.25, 0.3) is 0 Å². The number of allylic oxidation sites excluding steroid dienone is 1. The Morgan fingerprint density at radius 3 is 2.84 bits per heavy atom. The van der Waals surface area contributed by atoms with Crippen LogP contribution in [0.2, 0.25) is 0 Å². The first-order valence-electron chi connectivity index (χ1n) is 8.48. The number of nitrogens with one attached hydrogen (secondary N) is 2. The van der Waals surface area contributed by atoms with E-state index in [2.05, 4.69) is 22.5 Å². The van der Waals surface area contributed by atoms with Crippen LogP contribution in [0.3, 0.4) is 0 Å². The normalized spacial score (nSPS) is 18.6. The molecule has 1 atom stereocenters. The van der Waals surface area contributed by atoms with Gasteiger partial charge in [0.05, 0.1) is 24.9 Å². The van der Waals surface area contributed by atoms with Crippen molar-refractivity contribution in [2.75, 3.05) is 33.4 Å². The number of methoxy groups -OCH3 is 1. The summed E-state index contributed by atoms with van der Waals surface area (Å²) in [7, 11) is 1.63. The number of ether oxygens (including phenoxy) is 2. The van der Waals surface area contributed by atoms with Gasteiger partial charge < -0.3 is 20.5 Å². The molecule has 0 saturated carbocycles. The van der Waals surface area contributed by atoms with Crippen molar-refractivity contribution in [3.05, 3.63) is 11.6 Å². The lowest BCUT2D eigenvalue weighted by Gasteiger charge is -2.29. The van der Waals surface area contributed by atoms with Crippen LogP contribution in [0.1, 0.15) is 33.1 Å². The molecule has 1 fully saturated rings. The monoisotopic (exact) mass is 351 g/mol. The van der Waals surface area contributed by atoms with Gasteiger partial charge in [-0.3, -0.25) is 14.9 Å². The fraction of sp³-hybridized carbons (Fsp3) is 0.667. The predicted octanol–water partition coefficient (Wildman–Crippen LogP) is 0.101. The minimum absolute atomic E-state index is 0.223. The molecule has 1 rings (SSSR count). The quantitative estimate of drug-likeness (QED) is 0.309. The highest BCUT2D eigenvalue weighted by atomic mass is 16.5. The second-order valence-electron chi connectivity index (χ2n) is 6.24. The number of imide groups is 1. The highest BCUT2D eigenvalue weighted by Crippen LogP contribution is 2.19. The summed E-state index contributed by atoms with van der Waals surface area (Å²) in [5.74, 6) is 5.53. The zero-order valence-corrected chi connectivity index (χ0v) is 15.3. The summed E-state index contributed by atoms with van der Waals surface area (Å²) in [5.41, 5.74) is 5.76. The summed E-state index contributed by atoms with van der Waals surface area (Å²) in [6, 6.07) is -0.383. The lowest BCUT2D eigenvalue weighted by Crippen LogP contribution is -2.51. The molecule has 1 saturated heterocycles. The van der Waals surface area contributed by atoms with Crippen LogP contribution in [-0.4, -0.2) is 56.9 Å². The fourth-order valence-corrected chi connectivity index (χ4v) is 2.21. The van der Waals surface area contributed by atoms with Crippen LogP contribution in [0.5, 0.6) is 0 Å². The highest BCUT2D eigenvalue weighted by molar-refractivity contribution is 6.00. The van der Waals surface area contributed by atoms with E-state index in [9.17, 15) is 9.59 Å². The Labute approximate surface area is 149 Å². The van der Waals surface area contributed by atoms with Gasteiger partial charge in [0.2, 0.25) is 11.8 Å². The Morgan fingerprint density at radius 1 is 1.44 bits per heavy atom. The maximum Gasteiger partial charge on any atom is 0.243 e. The molecule has 1 unspecified atom stereocenters. The van der Waals surface area contributed by atoms with Gasteiger partial charge in [0.15, 0.2) is 0 Å². The van der Waals surface area contributed by atoms with E-state index in [1.807, 2.05) is 19.9 Å². The van der Waals surface area contributed by atoms with Crippen molar-refractivity contribution in [2.45, 2.75) is 44.8 Å². The van der Waals surface area contributed by atoms with Gasteiger partial charge >= 0.3 is 0 Å². The molecule has 0 aromatic heterocycles. The molecule has 1 aliphatic heterocycles. The van der Waals surface area contributed by atoms with Crippen molar-refractivity contribution in [3.8, 4) is 11.8 Å². The second-order valence-corrected chi connectivity index (χ2v) is 6.24. The first-order valence-corrected chi connectivity index (χ1v) is 8.48. The fourth-order valence-electron chi connectivity index (χ4n) is 2.21. The molecule has 0 aromatic carbocycles. The van der Waals surface area contributed by atoms with Gasteiger partial charge in [0, 0.05) is 33.0 Å². The minimum atomic E-state index is -0.515. The number of hydrogen-bond donors (Lipinski definition) is 3. The van der Waals surface area contributed by atoms with Gasteiger partial charge in [0.1, 0.15) is 0 Å². The topological polar surface area (TPSA) is 103 Å². The smallest absolute Gasteiger partial charge is 0.243 e. The SMILES string of the molecule is COC(C)(C)/C(=C/C#CCCOCCN)CNC1CCC(=O)NC1=O. The summed E-state index contributed by atoms with van der Waals surface area (Å²) in [5, 5.41) is 5.52. The average Bonchev–Trinajstić information content (AvgIpc) is 2.58. The molecule has 7 nitrogen and oxygen atoms in total. The highest BCUT2D eigenvalue weighted by Gasteiger charge is 2.28. The lowest BCUT2D eigenvalue weighted by molar-refractivity contribution is -0.134. The standard InChI is InChI=1S/C18H29N3O4/c1-18(2,24-3)14(7-5-4-6-11-25-12-10-19)13-20-15-8-9-16(22)21-17(15)23/h7,15,20H,6,8-13,19H2,1-3H3,(H,21,22,23)/b14-7+. The van der Waals surface area contributed by atoms with Crippen molar-refractivity contribution in [3.63, 3.8) is 0 Å². The van der Waals surface area contributed by atoms with Gasteiger partial charge in [-0.2, -0.15) is 0 Å². The third kappa shape index (κ3) is 7.80. The number of hydrogen-bond acceptors (Lipinski definition) is 6. The molecule has 0 bridgehead atoms. The molecule has 140 valence electrons. The second kappa shape index (κ2) is 11.0. The molecule has 0 aromatic rings. The summed E-state index contributed by atoms with van der Waals surface area (Å²) in [4.78, 5) is 23.0. The van der Waals surface area contributed by atoms with Gasteiger partial charge in [-0.15, -0.1) is 0 Å². The molecular formula is C18H29N3O4. The van der Waals surface area contributed by atoms with Gasteiger partial charge in [-0.1, -0.05) is 11.8 Å². The zero-order valence-electron chi connectivity index (χ0n) is 15.3. The third-order valence-electron chi connectivity index (χ3n) is 4.04. The van der Waals surface area contributed by atoms with Gasteiger partial charge in [-0.25, -0.2) is 0 Å². The summed E-state index contributed by atoms with van der Waals surface area (Å²) in [6.45, 7) is 5.93. The molecule has 1 heterocycles. The lowest BCUT2D eigenvalue weighted by atomic mass is 9.96. The first kappa shape index (κ1) is 21.3. The Balaban J connectivity index is 2.62. The Kier molecular flexibility index (Phi) is 9.39. The van der Waals surface area contributed by atoms with Crippen LogP contribution >= 0.6 is 0 Å². The van der Waals surface area contributed by atoms with Crippen molar-refractivity contribution < 1.29 is 19.1 Å². The van der Waals surface area contributed by atoms with Gasteiger partial charge in [0.25, 0.3) is 0 Å². The molecule has 0 aliphatic carbocycles. The summed E-state index contributed by atoms with van der Waals surface area (Å²) >= 11 is 0. The molecule has 0 spiro atoms. The van der Waals surface area contributed by atoms with Crippen molar-refractivity contribution in [1.82, 2.24) is 10.6 Å². The molecule has 7 heteroatoms. The van der Waals surface area contributed by atoms with Crippen molar-refractivity contribution in [1.29, 1.82) is 0 Å². The van der Waals surface area contributed by atoms with Crippen LogP contribution in [0.4, 0.5) is 0 Å². The summed E-state index contributed by atoms with van der Waals surface area (Å²) < 4.78 is 10.8. The Hall–Kier alpha value is -1.72. The van der Waals surface area contributed by atoms with Crippen LogP contribution in [0, 0.1) is 11.8 Å².